The van der Waals surface area contributed by atoms with Crippen molar-refractivity contribution >= 4 is 22.7 Å². The zero-order valence-electron chi connectivity index (χ0n) is 12.1. The molecule has 0 atom stereocenters. The minimum Gasteiger partial charge on any atom is -0.453 e. The number of ketones is 2. The third-order valence-electron chi connectivity index (χ3n) is 3.85. The predicted octanol–water partition coefficient (Wildman–Crippen LogP) is 2.97. The summed E-state index contributed by atoms with van der Waals surface area (Å²) in [6.45, 7) is -0.00209. The van der Waals surface area contributed by atoms with Gasteiger partial charge < -0.3 is 9.47 Å². The first-order valence-electron chi connectivity index (χ1n) is 7.22. The molecule has 4 nitrogen and oxygen atoms in total. The first kappa shape index (κ1) is 13.5. The van der Waals surface area contributed by atoms with E-state index in [1.54, 1.807) is 24.3 Å². The van der Waals surface area contributed by atoms with E-state index >= 15 is 0 Å². The summed E-state index contributed by atoms with van der Waals surface area (Å²) in [6.07, 6.45) is 0. The van der Waals surface area contributed by atoms with Crippen LogP contribution in [0.5, 0.6) is 0 Å². The minimum absolute atomic E-state index is 0.00209. The van der Waals surface area contributed by atoms with Gasteiger partial charge in [0.05, 0.1) is 11.1 Å². The lowest BCUT2D eigenvalue weighted by Crippen LogP contribution is -2.24. The second-order valence-electron chi connectivity index (χ2n) is 5.21. The molecule has 2 aliphatic rings. The van der Waals surface area contributed by atoms with Crippen LogP contribution in [0.15, 0.2) is 72.2 Å². The fourth-order valence-electron chi connectivity index (χ4n) is 2.82. The van der Waals surface area contributed by atoms with Crippen molar-refractivity contribution in [2.24, 2.45) is 0 Å². The van der Waals surface area contributed by atoms with E-state index in [-0.39, 0.29) is 17.9 Å². The molecule has 2 aromatic carbocycles. The van der Waals surface area contributed by atoms with Crippen molar-refractivity contribution in [1.29, 1.82) is 0 Å². The number of fused-ring (bicyclic) bond motifs is 1. The van der Waals surface area contributed by atoms with Gasteiger partial charge in [-0.05, 0) is 11.1 Å². The Hall–Kier alpha value is -3.14. The van der Waals surface area contributed by atoms with Gasteiger partial charge in [0.2, 0.25) is 18.4 Å². The Morgan fingerprint density at radius 2 is 1.00 bits per heavy atom. The minimum atomic E-state index is -0.570. The molecule has 0 spiro atoms. The quantitative estimate of drug-likeness (QED) is 0.632. The van der Waals surface area contributed by atoms with Gasteiger partial charge in [-0.3, -0.25) is 9.59 Å². The maximum absolute atomic E-state index is 12.7. The topological polar surface area (TPSA) is 52.6 Å². The third-order valence-corrected chi connectivity index (χ3v) is 3.85. The van der Waals surface area contributed by atoms with E-state index in [1.807, 2.05) is 36.4 Å². The molecule has 0 amide bonds. The number of Topliss-reactive ketones (excluding diaryl/α,β-unsaturated/α-hetero) is 2. The predicted molar refractivity (Wildman–Crippen MR) is 83.8 cm³/mol. The molecule has 0 aromatic heterocycles. The highest BCUT2D eigenvalue weighted by Crippen LogP contribution is 2.40. The van der Waals surface area contributed by atoms with Crippen LogP contribution in [-0.2, 0) is 19.1 Å². The molecule has 23 heavy (non-hydrogen) atoms. The maximum Gasteiger partial charge on any atom is 0.238 e. The van der Waals surface area contributed by atoms with Crippen LogP contribution in [0.25, 0.3) is 11.1 Å². The molecule has 112 valence electrons. The third kappa shape index (κ3) is 2.07. The molecule has 4 rings (SSSR count). The normalized spacial score (nSPS) is 17.0. The van der Waals surface area contributed by atoms with E-state index in [0.717, 1.165) is 0 Å². The fraction of sp³-hybridized carbons (Fsp3) is 0.0526. The highest BCUT2D eigenvalue weighted by molar-refractivity contribution is 6.66. The van der Waals surface area contributed by atoms with Crippen LogP contribution < -0.4 is 0 Å². The monoisotopic (exact) mass is 304 g/mol. The Morgan fingerprint density at radius 3 is 1.39 bits per heavy atom. The zero-order valence-corrected chi connectivity index (χ0v) is 12.1. The largest absolute Gasteiger partial charge is 0.453 e. The molecular weight excluding hydrogens is 292 g/mol. The highest BCUT2D eigenvalue weighted by atomic mass is 16.7. The van der Waals surface area contributed by atoms with Gasteiger partial charge in [0.25, 0.3) is 0 Å². The van der Waals surface area contributed by atoms with Gasteiger partial charge in [0, 0.05) is 0 Å². The van der Waals surface area contributed by atoms with E-state index in [9.17, 15) is 9.59 Å². The van der Waals surface area contributed by atoms with Crippen molar-refractivity contribution in [2.75, 3.05) is 6.79 Å². The SMILES string of the molecule is O=C1C(=O)C(c2ccccc2)=C2OCOC2=C1c1ccccc1. The van der Waals surface area contributed by atoms with Gasteiger partial charge in [0.15, 0.2) is 11.5 Å². The van der Waals surface area contributed by atoms with Crippen LogP contribution in [0.1, 0.15) is 11.1 Å². The molecule has 0 radical (unpaired) electrons. The van der Waals surface area contributed by atoms with Gasteiger partial charge in [-0.1, -0.05) is 60.7 Å². The summed E-state index contributed by atoms with van der Waals surface area (Å²) >= 11 is 0. The first-order valence-corrected chi connectivity index (χ1v) is 7.22. The number of allylic oxidation sites excluding steroid dienone is 2. The Kier molecular flexibility index (Phi) is 3.08. The van der Waals surface area contributed by atoms with E-state index < -0.39 is 11.6 Å². The second kappa shape index (κ2) is 5.25. The molecule has 0 saturated carbocycles. The molecule has 1 heterocycles. The smallest absolute Gasteiger partial charge is 0.238 e. The summed E-state index contributed by atoms with van der Waals surface area (Å²) in [6, 6.07) is 18.1. The molecule has 2 aromatic rings. The standard InChI is InChI=1S/C19H12O4/c20-16-14(12-7-3-1-4-8-12)18-19(23-11-22-18)15(17(16)21)13-9-5-2-6-10-13/h1-10H,11H2. The molecule has 4 heteroatoms. The molecular formula is C19H12O4. The maximum atomic E-state index is 12.7. The van der Waals surface area contributed by atoms with Crippen molar-refractivity contribution in [2.45, 2.75) is 0 Å². The lowest BCUT2D eigenvalue weighted by molar-refractivity contribution is -0.130. The highest BCUT2D eigenvalue weighted by Gasteiger charge is 2.41. The summed E-state index contributed by atoms with van der Waals surface area (Å²) in [4.78, 5) is 25.3. The van der Waals surface area contributed by atoms with Gasteiger partial charge in [-0.25, -0.2) is 0 Å². The molecule has 1 saturated heterocycles. The van der Waals surface area contributed by atoms with Crippen LogP contribution in [0.4, 0.5) is 0 Å². The van der Waals surface area contributed by atoms with E-state index in [2.05, 4.69) is 0 Å². The average molecular weight is 304 g/mol. The van der Waals surface area contributed by atoms with Crippen LogP contribution >= 0.6 is 0 Å². The van der Waals surface area contributed by atoms with Crippen molar-refractivity contribution in [3.05, 3.63) is 83.3 Å². The molecule has 0 bridgehead atoms. The lowest BCUT2D eigenvalue weighted by atomic mass is 9.86. The number of carbonyl (C=O) groups excluding carboxylic acids is 2. The van der Waals surface area contributed by atoms with Crippen LogP contribution in [0.2, 0.25) is 0 Å². The zero-order chi connectivity index (χ0) is 15.8. The Labute approximate surface area is 132 Å². The second-order valence-corrected chi connectivity index (χ2v) is 5.21. The number of ether oxygens (including phenoxy) is 2. The molecule has 0 unspecified atom stereocenters. The molecule has 1 fully saturated rings. The van der Waals surface area contributed by atoms with Gasteiger partial charge >= 0.3 is 0 Å². The van der Waals surface area contributed by atoms with Crippen LogP contribution in [0, 0.1) is 0 Å². The van der Waals surface area contributed by atoms with Crippen LogP contribution in [-0.4, -0.2) is 18.4 Å². The number of hydrogen-bond donors (Lipinski definition) is 0. The summed E-state index contributed by atoms with van der Waals surface area (Å²) < 4.78 is 11.0. The Bertz CT molecular complexity index is 787. The molecule has 1 aliphatic carbocycles. The molecule has 0 N–H and O–H groups in total. The summed E-state index contributed by atoms with van der Waals surface area (Å²) in [5.41, 5.74) is 1.83. The number of benzene rings is 2. The van der Waals surface area contributed by atoms with Gasteiger partial charge in [-0.15, -0.1) is 0 Å². The summed E-state index contributed by atoms with van der Waals surface area (Å²) in [5, 5.41) is 0. The average Bonchev–Trinajstić information content (AvgIpc) is 3.06. The Balaban J connectivity index is 1.98. The van der Waals surface area contributed by atoms with E-state index in [0.29, 0.717) is 22.6 Å². The van der Waals surface area contributed by atoms with E-state index in [1.165, 1.54) is 0 Å². The summed E-state index contributed by atoms with van der Waals surface area (Å²) in [5.74, 6) is -0.446. The van der Waals surface area contributed by atoms with Crippen molar-refractivity contribution in [3.8, 4) is 0 Å². The summed E-state index contributed by atoms with van der Waals surface area (Å²) in [7, 11) is 0. The number of rotatable bonds is 2. The van der Waals surface area contributed by atoms with E-state index in [4.69, 9.17) is 9.47 Å². The number of hydrogen-bond acceptors (Lipinski definition) is 4. The Morgan fingerprint density at radius 1 is 0.609 bits per heavy atom. The number of carbonyl (C=O) groups is 2. The van der Waals surface area contributed by atoms with Crippen molar-refractivity contribution < 1.29 is 19.1 Å². The van der Waals surface area contributed by atoms with Crippen molar-refractivity contribution in [1.82, 2.24) is 0 Å². The van der Waals surface area contributed by atoms with Gasteiger partial charge in [0.1, 0.15) is 0 Å². The van der Waals surface area contributed by atoms with Crippen LogP contribution in [0.3, 0.4) is 0 Å². The fourth-order valence-corrected chi connectivity index (χ4v) is 2.82. The first-order chi connectivity index (χ1) is 11.3. The van der Waals surface area contributed by atoms with Gasteiger partial charge in [-0.2, -0.15) is 0 Å². The molecule has 1 aliphatic heterocycles. The lowest BCUT2D eigenvalue weighted by Gasteiger charge is -2.17. The van der Waals surface area contributed by atoms with Crippen molar-refractivity contribution in [3.63, 3.8) is 0 Å².